The molecule has 2 N–H and O–H groups in total. The fourth-order valence-electron chi connectivity index (χ4n) is 2.19. The fraction of sp³-hybridized carbons (Fsp3) is 0.312. The van der Waals surface area contributed by atoms with Crippen LogP contribution in [0.5, 0.6) is 5.75 Å². The van der Waals surface area contributed by atoms with Gasteiger partial charge in [0, 0.05) is 23.4 Å². The number of carbonyl (C=O) groups excluding carboxylic acids is 1. The van der Waals surface area contributed by atoms with Crippen molar-refractivity contribution >= 4 is 5.78 Å². The molecule has 0 saturated heterocycles. The maximum absolute atomic E-state index is 13.3. The van der Waals surface area contributed by atoms with Crippen LogP contribution in [0.15, 0.2) is 41.6 Å². The lowest BCUT2D eigenvalue weighted by Crippen LogP contribution is -2.22. The average molecular weight is 329 g/mol. The molecule has 0 fully saturated rings. The largest absolute Gasteiger partial charge is 0.505 e. The molecule has 0 aliphatic heterocycles. The van der Waals surface area contributed by atoms with Gasteiger partial charge in [0.15, 0.2) is 17.3 Å². The minimum Gasteiger partial charge on any atom is -0.505 e. The number of hydrogen-bond donors (Lipinski definition) is 2. The summed E-state index contributed by atoms with van der Waals surface area (Å²) in [6, 6.07) is 3.33. The molecule has 124 valence electrons. The lowest BCUT2D eigenvalue weighted by atomic mass is 9.95. The average Bonchev–Trinajstić information content (AvgIpc) is 2.48. The van der Waals surface area contributed by atoms with E-state index >= 15 is 0 Å². The number of hydrogen-bond acceptors (Lipinski definition) is 3. The molecular formula is C16H15F4NO2. The number of aromatic hydroxyl groups is 1. The van der Waals surface area contributed by atoms with Crippen LogP contribution < -0.4 is 5.32 Å². The zero-order valence-corrected chi connectivity index (χ0v) is 12.1. The van der Waals surface area contributed by atoms with E-state index in [9.17, 15) is 22.4 Å². The Morgan fingerprint density at radius 3 is 2.70 bits per heavy atom. The second-order valence-electron chi connectivity index (χ2n) is 5.15. The van der Waals surface area contributed by atoms with Crippen molar-refractivity contribution in [2.24, 2.45) is 0 Å². The summed E-state index contributed by atoms with van der Waals surface area (Å²) < 4.78 is 49.7. The van der Waals surface area contributed by atoms with Crippen molar-refractivity contribution in [3.8, 4) is 5.75 Å². The van der Waals surface area contributed by atoms with Crippen molar-refractivity contribution in [2.75, 3.05) is 6.54 Å². The second kappa shape index (κ2) is 6.85. The summed E-state index contributed by atoms with van der Waals surface area (Å²) in [4.78, 5) is 12.3. The molecule has 0 spiro atoms. The molecule has 7 heteroatoms. The van der Waals surface area contributed by atoms with E-state index < -0.39 is 29.9 Å². The first-order valence-corrected chi connectivity index (χ1v) is 7.01. The highest BCUT2D eigenvalue weighted by Crippen LogP contribution is 2.24. The maximum Gasteiger partial charge on any atom is 0.390 e. The molecule has 0 radical (unpaired) electrons. The molecule has 3 nitrogen and oxygen atoms in total. The minimum absolute atomic E-state index is 0.0862. The summed E-state index contributed by atoms with van der Waals surface area (Å²) in [6.45, 7) is -0.277. The number of rotatable bonds is 5. The van der Waals surface area contributed by atoms with Crippen LogP contribution in [-0.2, 0) is 0 Å². The number of phenolic OH excluding ortho intramolecular Hbond substituents is 1. The van der Waals surface area contributed by atoms with Crippen molar-refractivity contribution in [1.29, 1.82) is 0 Å². The van der Waals surface area contributed by atoms with Crippen LogP contribution in [0.4, 0.5) is 17.6 Å². The van der Waals surface area contributed by atoms with Gasteiger partial charge >= 0.3 is 6.18 Å². The molecule has 0 unspecified atom stereocenters. The lowest BCUT2D eigenvalue weighted by Gasteiger charge is -2.15. The molecule has 1 aromatic carbocycles. The summed E-state index contributed by atoms with van der Waals surface area (Å²) in [5.74, 6) is -1.85. The first kappa shape index (κ1) is 17.1. The van der Waals surface area contributed by atoms with Gasteiger partial charge in [0.25, 0.3) is 0 Å². The number of benzene rings is 1. The fourth-order valence-corrected chi connectivity index (χ4v) is 2.19. The van der Waals surface area contributed by atoms with Crippen LogP contribution in [0.25, 0.3) is 0 Å². The highest BCUT2D eigenvalue weighted by Gasteiger charge is 2.26. The van der Waals surface area contributed by atoms with Crippen LogP contribution in [-0.4, -0.2) is 23.6 Å². The summed E-state index contributed by atoms with van der Waals surface area (Å²) in [5.41, 5.74) is 0.915. The molecule has 0 aromatic heterocycles. The highest BCUT2D eigenvalue weighted by molar-refractivity contribution is 6.09. The number of carbonyl (C=O) groups is 1. The molecule has 1 aliphatic carbocycles. The van der Waals surface area contributed by atoms with E-state index in [1.54, 1.807) is 6.08 Å². The summed E-state index contributed by atoms with van der Waals surface area (Å²) in [7, 11) is 0. The molecule has 0 amide bonds. The topological polar surface area (TPSA) is 49.3 Å². The molecule has 23 heavy (non-hydrogen) atoms. The Morgan fingerprint density at radius 1 is 1.30 bits per heavy atom. The van der Waals surface area contributed by atoms with Gasteiger partial charge in [0.05, 0.1) is 6.42 Å². The number of allylic oxidation sites excluding steroid dienone is 3. The first-order valence-electron chi connectivity index (χ1n) is 7.01. The van der Waals surface area contributed by atoms with Crippen LogP contribution in [0.3, 0.4) is 0 Å². The van der Waals surface area contributed by atoms with Crippen LogP contribution in [0, 0.1) is 5.82 Å². The van der Waals surface area contributed by atoms with Gasteiger partial charge in [-0.3, -0.25) is 4.79 Å². The minimum atomic E-state index is -4.24. The van der Waals surface area contributed by atoms with Gasteiger partial charge in [0.1, 0.15) is 0 Å². The van der Waals surface area contributed by atoms with E-state index in [-0.39, 0.29) is 12.1 Å². The maximum atomic E-state index is 13.3. The van der Waals surface area contributed by atoms with Gasteiger partial charge in [-0.15, -0.1) is 0 Å². The number of nitrogens with one attached hydrogen (secondary N) is 1. The summed E-state index contributed by atoms with van der Waals surface area (Å²) >= 11 is 0. The van der Waals surface area contributed by atoms with Crippen molar-refractivity contribution in [3.05, 3.63) is 53.0 Å². The van der Waals surface area contributed by atoms with Gasteiger partial charge in [-0.25, -0.2) is 4.39 Å². The van der Waals surface area contributed by atoms with E-state index in [1.807, 2.05) is 0 Å². The molecule has 0 bridgehead atoms. The van der Waals surface area contributed by atoms with Gasteiger partial charge in [-0.2, -0.15) is 13.2 Å². The van der Waals surface area contributed by atoms with E-state index in [0.717, 1.165) is 12.1 Å². The van der Waals surface area contributed by atoms with Gasteiger partial charge < -0.3 is 10.4 Å². The number of phenols is 1. The lowest BCUT2D eigenvalue weighted by molar-refractivity contribution is -0.133. The highest BCUT2D eigenvalue weighted by atomic mass is 19.4. The Kier molecular flexibility index (Phi) is 5.08. The molecule has 0 saturated carbocycles. The quantitative estimate of drug-likeness (QED) is 0.637. The molecule has 0 heterocycles. The van der Waals surface area contributed by atoms with Crippen molar-refractivity contribution in [1.82, 2.24) is 5.32 Å². The number of halogens is 4. The normalized spacial score (nSPS) is 15.0. The number of Topliss-reactive ketones (excluding diaryl/α,β-unsaturated/α-hetero) is 1. The van der Waals surface area contributed by atoms with Gasteiger partial charge in [-0.1, -0.05) is 6.08 Å². The van der Waals surface area contributed by atoms with Crippen LogP contribution in [0.2, 0.25) is 0 Å². The molecule has 1 aromatic rings. The van der Waals surface area contributed by atoms with Crippen LogP contribution in [0.1, 0.15) is 29.6 Å². The Labute approximate surface area is 130 Å². The monoisotopic (exact) mass is 329 g/mol. The molecule has 1 aliphatic rings. The predicted octanol–water partition coefficient (Wildman–Crippen LogP) is 3.86. The Balaban J connectivity index is 2.05. The van der Waals surface area contributed by atoms with E-state index in [4.69, 9.17) is 5.11 Å². The van der Waals surface area contributed by atoms with Gasteiger partial charge in [0.2, 0.25) is 0 Å². The van der Waals surface area contributed by atoms with E-state index in [0.29, 0.717) is 24.1 Å². The zero-order chi connectivity index (χ0) is 17.0. The Bertz CT molecular complexity index is 663. The van der Waals surface area contributed by atoms with Crippen molar-refractivity contribution in [2.45, 2.75) is 25.4 Å². The Morgan fingerprint density at radius 2 is 2.04 bits per heavy atom. The zero-order valence-electron chi connectivity index (χ0n) is 12.1. The molecule has 2 rings (SSSR count). The first-order chi connectivity index (χ1) is 10.8. The summed E-state index contributed by atoms with van der Waals surface area (Å²) in [6.07, 6.45) is -1.09. The third kappa shape index (κ3) is 4.84. The number of alkyl halides is 3. The molecular weight excluding hydrogens is 314 g/mol. The molecule has 0 atom stereocenters. The number of ketones is 1. The van der Waals surface area contributed by atoms with Crippen molar-refractivity contribution in [3.63, 3.8) is 0 Å². The van der Waals surface area contributed by atoms with Crippen LogP contribution >= 0.6 is 0 Å². The van der Waals surface area contributed by atoms with E-state index in [1.165, 1.54) is 12.1 Å². The Hall–Kier alpha value is -2.31. The summed E-state index contributed by atoms with van der Waals surface area (Å²) in [5, 5.41) is 11.8. The van der Waals surface area contributed by atoms with Crippen molar-refractivity contribution < 1.29 is 27.5 Å². The third-order valence-electron chi connectivity index (χ3n) is 3.35. The van der Waals surface area contributed by atoms with Gasteiger partial charge in [-0.05, 0) is 37.1 Å². The third-order valence-corrected chi connectivity index (χ3v) is 3.35. The predicted molar refractivity (Wildman–Crippen MR) is 76.5 cm³/mol. The van der Waals surface area contributed by atoms with E-state index in [2.05, 4.69) is 5.32 Å². The SMILES string of the molecule is O=C(C1=CC(NCCC(F)(F)F)=CCC1)c1ccc(O)c(F)c1. The second-order valence-corrected chi connectivity index (χ2v) is 5.15. The smallest absolute Gasteiger partial charge is 0.390 e. The standard InChI is InChI=1S/C16H15F4NO2/c17-13-9-11(4-5-14(13)22)15(23)10-2-1-3-12(8-10)21-7-6-16(18,19)20/h3-5,8-9,21-22H,1-2,6-7H2.